The summed E-state index contributed by atoms with van der Waals surface area (Å²) in [6.07, 6.45) is 0. The lowest BCUT2D eigenvalue weighted by atomic mass is 10.1. The highest BCUT2D eigenvalue weighted by Gasteiger charge is 2.15. The Morgan fingerprint density at radius 1 is 1.26 bits per heavy atom. The Hall–Kier alpha value is -3.11. The van der Waals surface area contributed by atoms with Crippen LogP contribution in [0.25, 0.3) is 0 Å². The molecule has 9 nitrogen and oxygen atoms in total. The molecule has 2 aromatic carbocycles. The zero-order valence-electron chi connectivity index (χ0n) is 17.1. The van der Waals surface area contributed by atoms with E-state index >= 15 is 0 Å². The number of halogens is 1. The Morgan fingerprint density at radius 2 is 1.97 bits per heavy atom. The maximum Gasteiger partial charge on any atom is 0.271 e. The highest BCUT2D eigenvalue weighted by molar-refractivity contribution is 7.99. The molecule has 0 aliphatic heterocycles. The van der Waals surface area contributed by atoms with E-state index in [4.69, 9.17) is 16.3 Å². The maximum atomic E-state index is 12.3. The molecule has 162 valence electrons. The average molecular weight is 462 g/mol. The molecule has 0 radical (unpaired) electrons. The van der Waals surface area contributed by atoms with Gasteiger partial charge in [0.2, 0.25) is 5.91 Å². The summed E-state index contributed by atoms with van der Waals surface area (Å²) >= 11 is 7.20. The van der Waals surface area contributed by atoms with Crippen LogP contribution in [0.4, 0.5) is 11.4 Å². The smallest absolute Gasteiger partial charge is 0.271 e. The first kappa shape index (κ1) is 22.6. The minimum atomic E-state index is -0.553. The molecule has 0 saturated carbocycles. The average Bonchev–Trinajstić information content (AvgIpc) is 3.07. The first-order valence-corrected chi connectivity index (χ1v) is 10.6. The SMILES string of the molecule is Cc1cccc(C)c1OCc1nnc(SCC(=O)Nc2cc([N+](=O)[O-])ccc2Cl)n1C. The number of nitro groups is 1. The fraction of sp³-hybridized carbons (Fsp3) is 0.250. The molecule has 0 unspecified atom stereocenters. The number of nitrogens with one attached hydrogen (secondary N) is 1. The first-order chi connectivity index (χ1) is 14.8. The van der Waals surface area contributed by atoms with Crippen molar-refractivity contribution in [2.45, 2.75) is 25.6 Å². The summed E-state index contributed by atoms with van der Waals surface area (Å²) in [7, 11) is 1.79. The molecule has 1 aromatic heterocycles. The molecule has 31 heavy (non-hydrogen) atoms. The third-order valence-corrected chi connectivity index (χ3v) is 5.80. The van der Waals surface area contributed by atoms with E-state index in [0.717, 1.165) is 16.9 Å². The normalized spacial score (nSPS) is 10.7. The molecule has 1 amide bonds. The number of aromatic nitrogens is 3. The molecule has 0 spiro atoms. The second-order valence-electron chi connectivity index (χ2n) is 6.73. The summed E-state index contributed by atoms with van der Waals surface area (Å²) in [4.78, 5) is 22.6. The van der Waals surface area contributed by atoms with Crippen LogP contribution in [-0.2, 0) is 18.4 Å². The van der Waals surface area contributed by atoms with E-state index in [9.17, 15) is 14.9 Å². The molecule has 3 rings (SSSR count). The number of hydrogen-bond donors (Lipinski definition) is 1. The van der Waals surface area contributed by atoms with Crippen LogP contribution in [-0.4, -0.2) is 31.3 Å². The van der Waals surface area contributed by atoms with Crippen LogP contribution in [0.1, 0.15) is 17.0 Å². The zero-order valence-corrected chi connectivity index (χ0v) is 18.7. The Labute approximate surface area is 187 Å². The molecular weight excluding hydrogens is 442 g/mol. The molecule has 0 aliphatic carbocycles. The van der Waals surface area contributed by atoms with Crippen LogP contribution in [0, 0.1) is 24.0 Å². The zero-order chi connectivity index (χ0) is 22.5. The Morgan fingerprint density at radius 3 is 2.65 bits per heavy atom. The van der Waals surface area contributed by atoms with E-state index in [1.807, 2.05) is 32.0 Å². The van der Waals surface area contributed by atoms with Gasteiger partial charge in [0.05, 0.1) is 21.4 Å². The molecule has 0 saturated heterocycles. The molecule has 0 aliphatic rings. The third-order valence-electron chi connectivity index (χ3n) is 4.45. The second kappa shape index (κ2) is 9.80. The standard InChI is InChI=1S/C20H20ClN5O4S/c1-12-5-4-6-13(2)19(12)30-10-17-23-24-20(25(17)3)31-11-18(27)22-16-9-14(26(28)29)7-8-15(16)21/h4-9H,10-11H2,1-3H3,(H,22,27). The third kappa shape index (κ3) is 5.53. The van der Waals surface area contributed by atoms with E-state index in [-0.39, 0.29) is 34.7 Å². The highest BCUT2D eigenvalue weighted by atomic mass is 35.5. The minimum Gasteiger partial charge on any atom is -0.485 e. The van der Waals surface area contributed by atoms with Crippen molar-refractivity contribution in [1.82, 2.24) is 14.8 Å². The number of nitrogens with zero attached hydrogens (tertiary/aromatic N) is 4. The van der Waals surface area contributed by atoms with Gasteiger partial charge in [-0.25, -0.2) is 0 Å². The highest BCUT2D eigenvalue weighted by Crippen LogP contribution is 2.27. The molecule has 0 atom stereocenters. The van der Waals surface area contributed by atoms with Gasteiger partial charge in [-0.3, -0.25) is 14.9 Å². The first-order valence-electron chi connectivity index (χ1n) is 9.20. The number of rotatable bonds is 8. The van der Waals surface area contributed by atoms with Crippen molar-refractivity contribution in [1.29, 1.82) is 0 Å². The molecule has 1 heterocycles. The van der Waals surface area contributed by atoms with Gasteiger partial charge in [0, 0.05) is 19.2 Å². The fourth-order valence-electron chi connectivity index (χ4n) is 2.80. The topological polar surface area (TPSA) is 112 Å². The number of thioether (sulfide) groups is 1. The molecule has 3 aromatic rings. The Bertz CT molecular complexity index is 1110. The number of non-ortho nitro benzene ring substituents is 1. The summed E-state index contributed by atoms with van der Waals surface area (Å²) in [5.74, 6) is 1.09. The van der Waals surface area contributed by atoms with Crippen molar-refractivity contribution in [3.05, 3.63) is 68.5 Å². The lowest BCUT2D eigenvalue weighted by molar-refractivity contribution is -0.384. The van der Waals surface area contributed by atoms with Gasteiger partial charge in [0.1, 0.15) is 12.4 Å². The summed E-state index contributed by atoms with van der Waals surface area (Å²) in [5.41, 5.74) is 2.10. The van der Waals surface area contributed by atoms with Gasteiger partial charge >= 0.3 is 0 Å². The number of aryl methyl sites for hydroxylation is 2. The number of ether oxygens (including phenoxy) is 1. The van der Waals surface area contributed by atoms with Crippen molar-refractivity contribution in [2.24, 2.45) is 7.05 Å². The van der Waals surface area contributed by atoms with Crippen LogP contribution < -0.4 is 10.1 Å². The Balaban J connectivity index is 1.59. The van der Waals surface area contributed by atoms with E-state index in [1.165, 1.54) is 30.0 Å². The van der Waals surface area contributed by atoms with Crippen LogP contribution in [0.2, 0.25) is 5.02 Å². The number of carbonyl (C=O) groups is 1. The van der Waals surface area contributed by atoms with Crippen LogP contribution in [0.3, 0.4) is 0 Å². The van der Waals surface area contributed by atoms with Gasteiger partial charge in [-0.2, -0.15) is 0 Å². The fourth-order valence-corrected chi connectivity index (χ4v) is 3.69. The predicted octanol–water partition coefficient (Wildman–Crippen LogP) is 4.30. The van der Waals surface area contributed by atoms with Crippen molar-refractivity contribution >= 4 is 40.6 Å². The number of para-hydroxylation sites is 1. The number of anilines is 1. The van der Waals surface area contributed by atoms with Crippen molar-refractivity contribution in [3.8, 4) is 5.75 Å². The molecule has 11 heteroatoms. The van der Waals surface area contributed by atoms with E-state index in [2.05, 4.69) is 15.5 Å². The van der Waals surface area contributed by atoms with Gasteiger partial charge in [0.25, 0.3) is 5.69 Å². The van der Waals surface area contributed by atoms with Gasteiger partial charge in [-0.05, 0) is 31.0 Å². The minimum absolute atomic E-state index is 0.0305. The van der Waals surface area contributed by atoms with E-state index < -0.39 is 4.92 Å². The lowest BCUT2D eigenvalue weighted by Crippen LogP contribution is -2.15. The lowest BCUT2D eigenvalue weighted by Gasteiger charge is -2.11. The molecule has 0 bridgehead atoms. The number of hydrogen-bond acceptors (Lipinski definition) is 7. The maximum absolute atomic E-state index is 12.3. The van der Waals surface area contributed by atoms with Crippen LogP contribution in [0.5, 0.6) is 5.75 Å². The van der Waals surface area contributed by atoms with Crippen molar-refractivity contribution in [2.75, 3.05) is 11.1 Å². The molecule has 0 fully saturated rings. The summed E-state index contributed by atoms with van der Waals surface area (Å²) in [6.45, 7) is 4.20. The number of amides is 1. The van der Waals surface area contributed by atoms with Crippen molar-refractivity contribution in [3.63, 3.8) is 0 Å². The van der Waals surface area contributed by atoms with E-state index in [0.29, 0.717) is 11.0 Å². The monoisotopic (exact) mass is 461 g/mol. The summed E-state index contributed by atoms with van der Waals surface area (Å²) < 4.78 is 7.67. The Kier molecular flexibility index (Phi) is 7.13. The van der Waals surface area contributed by atoms with Gasteiger partial charge in [0.15, 0.2) is 11.0 Å². The quantitative estimate of drug-likeness (QED) is 0.302. The van der Waals surface area contributed by atoms with Crippen LogP contribution in [0.15, 0.2) is 41.6 Å². The van der Waals surface area contributed by atoms with E-state index in [1.54, 1.807) is 11.6 Å². The van der Waals surface area contributed by atoms with Gasteiger partial charge in [-0.15, -0.1) is 10.2 Å². The second-order valence-corrected chi connectivity index (χ2v) is 8.08. The van der Waals surface area contributed by atoms with Crippen LogP contribution >= 0.6 is 23.4 Å². The predicted molar refractivity (Wildman–Crippen MR) is 119 cm³/mol. The molecular formula is C20H20ClN5O4S. The molecule has 1 N–H and O–H groups in total. The largest absolute Gasteiger partial charge is 0.485 e. The number of nitro benzene ring substituents is 1. The number of carbonyl (C=O) groups excluding carboxylic acids is 1. The summed E-state index contributed by atoms with van der Waals surface area (Å²) in [5, 5.41) is 22.5. The van der Waals surface area contributed by atoms with Gasteiger partial charge < -0.3 is 14.6 Å². The van der Waals surface area contributed by atoms with Crippen molar-refractivity contribution < 1.29 is 14.5 Å². The number of benzene rings is 2. The van der Waals surface area contributed by atoms with Gasteiger partial charge in [-0.1, -0.05) is 41.6 Å². The summed E-state index contributed by atoms with van der Waals surface area (Å²) in [6, 6.07) is 9.79.